The Balaban J connectivity index is 1.94. The van der Waals surface area contributed by atoms with Crippen LogP contribution < -0.4 is 10.1 Å². The van der Waals surface area contributed by atoms with E-state index in [1.807, 2.05) is 19.2 Å². The topological polar surface area (TPSA) is 77.5 Å². The molecule has 0 aliphatic carbocycles. The number of ether oxygens (including phenoxy) is 2. The zero-order chi connectivity index (χ0) is 15.2. The van der Waals surface area contributed by atoms with Gasteiger partial charge < -0.3 is 14.8 Å². The largest absolute Gasteiger partial charge is 0.485 e. The van der Waals surface area contributed by atoms with E-state index in [0.717, 1.165) is 17.0 Å². The van der Waals surface area contributed by atoms with Crippen LogP contribution in [0.15, 0.2) is 29.6 Å². The van der Waals surface area contributed by atoms with Crippen LogP contribution in [0.1, 0.15) is 20.3 Å². The van der Waals surface area contributed by atoms with Crippen LogP contribution in [0, 0.1) is 0 Å². The van der Waals surface area contributed by atoms with Crippen molar-refractivity contribution in [2.45, 2.75) is 0 Å². The lowest BCUT2D eigenvalue weighted by atomic mass is 10.3. The Bertz CT molecular complexity index is 637. The third kappa shape index (κ3) is 3.79. The molecule has 110 valence electrons. The number of ketones is 1. The molecule has 0 radical (unpaired) electrons. The second-order valence-corrected chi connectivity index (χ2v) is 4.87. The maximum atomic E-state index is 11.9. The Morgan fingerprint density at radius 2 is 2.00 bits per heavy atom. The van der Waals surface area contributed by atoms with Crippen molar-refractivity contribution in [2.75, 3.05) is 26.1 Å². The highest BCUT2D eigenvalue weighted by molar-refractivity contribution is 7.12. The summed E-state index contributed by atoms with van der Waals surface area (Å²) in [4.78, 5) is 27.1. The molecule has 6 nitrogen and oxygen atoms in total. The molecule has 0 saturated heterocycles. The Labute approximate surface area is 125 Å². The monoisotopic (exact) mass is 306 g/mol. The van der Waals surface area contributed by atoms with E-state index in [1.54, 1.807) is 12.1 Å². The lowest BCUT2D eigenvalue weighted by molar-refractivity contribution is 0.0595. The number of thiazole rings is 1. The van der Waals surface area contributed by atoms with E-state index in [4.69, 9.17) is 4.74 Å². The molecular formula is C14H14N2O4S. The molecule has 0 aliphatic heterocycles. The number of rotatable bonds is 6. The summed E-state index contributed by atoms with van der Waals surface area (Å²) in [6.45, 7) is -0.132. The molecule has 0 fully saturated rings. The summed E-state index contributed by atoms with van der Waals surface area (Å²) in [6.07, 6.45) is 0. The van der Waals surface area contributed by atoms with Crippen LogP contribution in [-0.4, -0.2) is 37.5 Å². The van der Waals surface area contributed by atoms with Gasteiger partial charge in [-0.3, -0.25) is 4.79 Å². The molecule has 1 heterocycles. The molecule has 0 saturated carbocycles. The molecule has 0 unspecified atom stereocenters. The Kier molecular flexibility index (Phi) is 4.89. The van der Waals surface area contributed by atoms with Gasteiger partial charge in [0.1, 0.15) is 5.75 Å². The zero-order valence-corrected chi connectivity index (χ0v) is 12.4. The van der Waals surface area contributed by atoms with Crippen molar-refractivity contribution in [3.63, 3.8) is 0 Å². The average molecular weight is 306 g/mol. The van der Waals surface area contributed by atoms with E-state index < -0.39 is 5.97 Å². The molecule has 0 bridgehead atoms. The van der Waals surface area contributed by atoms with Gasteiger partial charge in [-0.25, -0.2) is 9.78 Å². The first kappa shape index (κ1) is 15.0. The van der Waals surface area contributed by atoms with E-state index in [9.17, 15) is 9.59 Å². The highest BCUT2D eigenvalue weighted by Crippen LogP contribution is 2.16. The molecule has 0 atom stereocenters. The standard InChI is InChI=1S/C14H14N2O4S/c1-15-9-3-5-10(6-4-9)20-7-12(17)13-16-11(8-21-13)14(18)19-2/h3-6,8,15H,7H2,1-2H3. The lowest BCUT2D eigenvalue weighted by Crippen LogP contribution is -2.12. The number of carbonyl (C=O) groups is 2. The van der Waals surface area contributed by atoms with Gasteiger partial charge in [-0.2, -0.15) is 0 Å². The van der Waals surface area contributed by atoms with Crippen molar-refractivity contribution in [2.24, 2.45) is 0 Å². The third-order valence-corrected chi connectivity index (χ3v) is 3.53. The molecule has 1 aromatic heterocycles. The Morgan fingerprint density at radius 1 is 1.29 bits per heavy atom. The number of esters is 1. The maximum absolute atomic E-state index is 11.9. The number of Topliss-reactive ketones (excluding diaryl/α,β-unsaturated/α-hetero) is 1. The molecule has 1 N–H and O–H groups in total. The summed E-state index contributed by atoms with van der Waals surface area (Å²) in [5.41, 5.74) is 1.08. The van der Waals surface area contributed by atoms with Gasteiger partial charge in [0.2, 0.25) is 5.78 Å². The minimum atomic E-state index is -0.561. The molecule has 7 heteroatoms. The zero-order valence-electron chi connectivity index (χ0n) is 11.6. The van der Waals surface area contributed by atoms with Gasteiger partial charge in [-0.05, 0) is 24.3 Å². The molecular weight excluding hydrogens is 292 g/mol. The second kappa shape index (κ2) is 6.85. The maximum Gasteiger partial charge on any atom is 0.357 e. The highest BCUT2D eigenvalue weighted by atomic mass is 32.1. The fourth-order valence-corrected chi connectivity index (χ4v) is 2.24. The van der Waals surface area contributed by atoms with Gasteiger partial charge in [0.05, 0.1) is 7.11 Å². The van der Waals surface area contributed by atoms with Gasteiger partial charge in [0.15, 0.2) is 17.3 Å². The molecule has 1 aromatic carbocycles. The number of benzene rings is 1. The van der Waals surface area contributed by atoms with Crippen LogP contribution in [0.5, 0.6) is 5.75 Å². The highest BCUT2D eigenvalue weighted by Gasteiger charge is 2.16. The summed E-state index contributed by atoms with van der Waals surface area (Å²) in [5, 5.41) is 4.70. The number of aromatic nitrogens is 1. The van der Waals surface area contributed by atoms with Crippen LogP contribution in [0.3, 0.4) is 0 Å². The number of nitrogens with one attached hydrogen (secondary N) is 1. The molecule has 0 aliphatic rings. The minimum Gasteiger partial charge on any atom is -0.485 e. The summed E-state index contributed by atoms with van der Waals surface area (Å²) < 4.78 is 9.93. The van der Waals surface area contributed by atoms with Crippen LogP contribution in [0.2, 0.25) is 0 Å². The van der Waals surface area contributed by atoms with E-state index in [0.29, 0.717) is 5.75 Å². The molecule has 21 heavy (non-hydrogen) atoms. The van der Waals surface area contributed by atoms with E-state index in [1.165, 1.54) is 12.5 Å². The number of hydrogen-bond acceptors (Lipinski definition) is 7. The number of anilines is 1. The first-order valence-electron chi connectivity index (χ1n) is 6.11. The normalized spacial score (nSPS) is 10.0. The van der Waals surface area contributed by atoms with Gasteiger partial charge in [0.25, 0.3) is 0 Å². The number of nitrogens with zero attached hydrogens (tertiary/aromatic N) is 1. The minimum absolute atomic E-state index is 0.129. The molecule has 2 rings (SSSR count). The molecule has 0 amide bonds. The van der Waals surface area contributed by atoms with Crippen molar-refractivity contribution in [1.29, 1.82) is 0 Å². The first-order valence-corrected chi connectivity index (χ1v) is 6.99. The van der Waals surface area contributed by atoms with Gasteiger partial charge in [-0.15, -0.1) is 11.3 Å². The van der Waals surface area contributed by atoms with E-state index in [-0.39, 0.29) is 23.1 Å². The summed E-state index contributed by atoms with van der Waals surface area (Å²) >= 11 is 1.09. The summed E-state index contributed by atoms with van der Waals surface area (Å²) in [7, 11) is 3.09. The summed E-state index contributed by atoms with van der Waals surface area (Å²) in [6, 6.07) is 7.22. The fourth-order valence-electron chi connectivity index (χ4n) is 1.53. The van der Waals surface area contributed by atoms with Crippen LogP contribution in [-0.2, 0) is 4.74 Å². The predicted octanol–water partition coefficient (Wildman–Crippen LogP) is 2.23. The van der Waals surface area contributed by atoms with Crippen molar-refractivity contribution in [3.8, 4) is 5.75 Å². The number of hydrogen-bond donors (Lipinski definition) is 1. The van der Waals surface area contributed by atoms with Crippen molar-refractivity contribution in [3.05, 3.63) is 40.3 Å². The predicted molar refractivity (Wildman–Crippen MR) is 79.3 cm³/mol. The quantitative estimate of drug-likeness (QED) is 0.651. The average Bonchev–Trinajstić information content (AvgIpc) is 3.02. The smallest absolute Gasteiger partial charge is 0.357 e. The fraction of sp³-hybridized carbons (Fsp3) is 0.214. The van der Waals surface area contributed by atoms with Crippen LogP contribution in [0.25, 0.3) is 0 Å². The van der Waals surface area contributed by atoms with Gasteiger partial charge >= 0.3 is 5.97 Å². The number of methoxy groups -OCH3 is 1. The Hall–Kier alpha value is -2.41. The second-order valence-electron chi connectivity index (χ2n) is 4.02. The van der Waals surface area contributed by atoms with Crippen LogP contribution in [0.4, 0.5) is 5.69 Å². The SMILES string of the molecule is CNc1ccc(OCC(=O)c2nc(C(=O)OC)cs2)cc1. The van der Waals surface area contributed by atoms with Crippen molar-refractivity contribution in [1.82, 2.24) is 4.98 Å². The van der Waals surface area contributed by atoms with Gasteiger partial charge in [0, 0.05) is 18.1 Å². The molecule has 0 spiro atoms. The van der Waals surface area contributed by atoms with Crippen molar-refractivity contribution >= 4 is 28.8 Å². The van der Waals surface area contributed by atoms with E-state index in [2.05, 4.69) is 15.0 Å². The number of carbonyl (C=O) groups excluding carboxylic acids is 2. The van der Waals surface area contributed by atoms with Gasteiger partial charge in [-0.1, -0.05) is 0 Å². The van der Waals surface area contributed by atoms with E-state index >= 15 is 0 Å². The third-order valence-electron chi connectivity index (χ3n) is 2.65. The summed E-state index contributed by atoms with van der Waals surface area (Å²) in [5.74, 6) is -0.256. The van der Waals surface area contributed by atoms with Crippen molar-refractivity contribution < 1.29 is 19.1 Å². The Morgan fingerprint density at radius 3 is 2.62 bits per heavy atom. The molecule has 2 aromatic rings. The van der Waals surface area contributed by atoms with Crippen LogP contribution >= 0.6 is 11.3 Å². The first-order chi connectivity index (χ1) is 10.1. The lowest BCUT2D eigenvalue weighted by Gasteiger charge is -2.05.